The Morgan fingerprint density at radius 3 is 2.52 bits per heavy atom. The van der Waals surface area contributed by atoms with Crippen LogP contribution in [-0.2, 0) is 13.0 Å². The molecule has 1 N–H and O–H groups in total. The Kier molecular flexibility index (Phi) is 5.11. The molecule has 21 heavy (non-hydrogen) atoms. The highest BCUT2D eigenvalue weighted by Crippen LogP contribution is 2.21. The van der Waals surface area contributed by atoms with Gasteiger partial charge in [0.25, 0.3) is 0 Å². The van der Waals surface area contributed by atoms with Crippen molar-refractivity contribution in [1.82, 2.24) is 9.97 Å². The molecule has 0 bridgehead atoms. The van der Waals surface area contributed by atoms with E-state index in [1.54, 1.807) is 19.5 Å². The zero-order valence-corrected chi connectivity index (χ0v) is 12.7. The Balaban J connectivity index is 2.09. The summed E-state index contributed by atoms with van der Waals surface area (Å²) in [5.74, 6) is 1.55. The maximum atomic E-state index is 9.02. The van der Waals surface area contributed by atoms with Gasteiger partial charge in [-0.25, -0.2) is 9.97 Å². The van der Waals surface area contributed by atoms with E-state index in [2.05, 4.69) is 23.0 Å². The largest absolute Gasteiger partial charge is 0.496 e. The molecule has 0 fully saturated rings. The topological polar surface area (TPSA) is 58.5 Å². The Hall–Kier alpha value is -2.14. The average molecular weight is 287 g/mol. The van der Waals surface area contributed by atoms with Crippen LogP contribution in [-0.4, -0.2) is 35.3 Å². The third-order valence-electron chi connectivity index (χ3n) is 3.56. The number of para-hydroxylation sites is 1. The highest BCUT2D eigenvalue weighted by Gasteiger charge is 2.15. The molecule has 1 unspecified atom stereocenters. The summed E-state index contributed by atoms with van der Waals surface area (Å²) in [4.78, 5) is 10.6. The molecule has 0 aliphatic rings. The van der Waals surface area contributed by atoms with Gasteiger partial charge in [-0.1, -0.05) is 18.2 Å². The Morgan fingerprint density at radius 1 is 1.24 bits per heavy atom. The third kappa shape index (κ3) is 3.70. The fourth-order valence-corrected chi connectivity index (χ4v) is 2.14. The van der Waals surface area contributed by atoms with Crippen LogP contribution in [0.3, 0.4) is 0 Å². The summed E-state index contributed by atoms with van der Waals surface area (Å²) in [6, 6.07) is 8.24. The van der Waals surface area contributed by atoms with Gasteiger partial charge < -0.3 is 14.7 Å². The molecule has 5 nitrogen and oxygen atoms in total. The van der Waals surface area contributed by atoms with Gasteiger partial charge in [0.05, 0.1) is 13.7 Å². The molecule has 0 aliphatic heterocycles. The van der Waals surface area contributed by atoms with E-state index in [-0.39, 0.29) is 12.6 Å². The van der Waals surface area contributed by atoms with Gasteiger partial charge in [0, 0.05) is 31.0 Å². The van der Waals surface area contributed by atoms with Crippen LogP contribution >= 0.6 is 0 Å². The minimum atomic E-state index is -0.0409. The number of methoxy groups -OCH3 is 1. The first-order valence-corrected chi connectivity index (χ1v) is 6.92. The van der Waals surface area contributed by atoms with Gasteiger partial charge in [-0.2, -0.15) is 0 Å². The fraction of sp³-hybridized carbons (Fsp3) is 0.375. The van der Waals surface area contributed by atoms with Crippen LogP contribution < -0.4 is 9.64 Å². The first kappa shape index (κ1) is 15.3. The number of rotatable bonds is 6. The number of nitrogens with zero attached hydrogens (tertiary/aromatic N) is 3. The van der Waals surface area contributed by atoms with Crippen LogP contribution in [0, 0.1) is 0 Å². The molecule has 1 aromatic heterocycles. The van der Waals surface area contributed by atoms with Gasteiger partial charge in [-0.3, -0.25) is 0 Å². The molecule has 0 spiro atoms. The standard InChI is InChI=1S/C16H21N3O2/c1-12(8-14-6-4-5-7-15(14)21-3)19(2)16-17-9-13(11-20)10-18-16/h4-7,9-10,12,20H,8,11H2,1-3H3. The maximum Gasteiger partial charge on any atom is 0.225 e. The number of anilines is 1. The molecular formula is C16H21N3O2. The summed E-state index contributed by atoms with van der Waals surface area (Å²) in [5.41, 5.74) is 1.87. The van der Waals surface area contributed by atoms with Gasteiger partial charge in [0.1, 0.15) is 5.75 Å². The smallest absolute Gasteiger partial charge is 0.225 e. The number of hydrogen-bond acceptors (Lipinski definition) is 5. The second-order valence-corrected chi connectivity index (χ2v) is 5.03. The monoisotopic (exact) mass is 287 g/mol. The number of aromatic nitrogens is 2. The normalized spacial score (nSPS) is 12.0. The van der Waals surface area contributed by atoms with E-state index in [1.165, 1.54) is 0 Å². The third-order valence-corrected chi connectivity index (χ3v) is 3.56. The summed E-state index contributed by atoms with van der Waals surface area (Å²) >= 11 is 0. The summed E-state index contributed by atoms with van der Waals surface area (Å²) in [5, 5.41) is 9.02. The SMILES string of the molecule is COc1ccccc1CC(C)N(C)c1ncc(CO)cn1. The van der Waals surface area contributed by atoms with Crippen molar-refractivity contribution in [3.05, 3.63) is 47.8 Å². The lowest BCUT2D eigenvalue weighted by atomic mass is 10.1. The fourth-order valence-electron chi connectivity index (χ4n) is 2.14. The van der Waals surface area contributed by atoms with Gasteiger partial charge in [0.15, 0.2) is 0 Å². The molecule has 0 amide bonds. The lowest BCUT2D eigenvalue weighted by Gasteiger charge is -2.25. The predicted octanol–water partition coefficient (Wildman–Crippen LogP) is 2.04. The van der Waals surface area contributed by atoms with E-state index in [1.807, 2.05) is 30.1 Å². The Labute approximate surface area is 125 Å². The Morgan fingerprint density at radius 2 is 1.90 bits per heavy atom. The van der Waals surface area contributed by atoms with Crippen LogP contribution in [0.1, 0.15) is 18.1 Å². The van der Waals surface area contributed by atoms with Crippen molar-refractivity contribution < 1.29 is 9.84 Å². The molecule has 1 aromatic carbocycles. The van der Waals surface area contributed by atoms with Crippen LogP contribution in [0.2, 0.25) is 0 Å². The van der Waals surface area contributed by atoms with Crippen LogP contribution in [0.25, 0.3) is 0 Å². The van der Waals surface area contributed by atoms with Gasteiger partial charge >= 0.3 is 0 Å². The molecule has 2 aromatic rings. The summed E-state index contributed by atoms with van der Waals surface area (Å²) in [6.45, 7) is 2.08. The lowest BCUT2D eigenvalue weighted by Crippen LogP contribution is -2.32. The first-order chi connectivity index (χ1) is 10.2. The summed E-state index contributed by atoms with van der Waals surface area (Å²) in [7, 11) is 3.65. The maximum absolute atomic E-state index is 9.02. The lowest BCUT2D eigenvalue weighted by molar-refractivity contribution is 0.281. The number of hydrogen-bond donors (Lipinski definition) is 1. The van der Waals surface area contributed by atoms with Crippen LogP contribution in [0.4, 0.5) is 5.95 Å². The van der Waals surface area contributed by atoms with Gasteiger partial charge in [0.2, 0.25) is 5.95 Å². The molecule has 5 heteroatoms. The number of aliphatic hydroxyl groups excluding tert-OH is 1. The number of ether oxygens (including phenoxy) is 1. The van der Waals surface area contributed by atoms with E-state index < -0.39 is 0 Å². The molecule has 1 heterocycles. The average Bonchev–Trinajstić information content (AvgIpc) is 2.54. The quantitative estimate of drug-likeness (QED) is 0.881. The van der Waals surface area contributed by atoms with Crippen molar-refractivity contribution >= 4 is 5.95 Å². The summed E-state index contributed by atoms with van der Waals surface area (Å²) < 4.78 is 5.38. The minimum Gasteiger partial charge on any atom is -0.496 e. The van der Waals surface area contributed by atoms with E-state index in [0.29, 0.717) is 11.5 Å². The van der Waals surface area contributed by atoms with Crippen LogP contribution in [0.15, 0.2) is 36.7 Å². The zero-order valence-electron chi connectivity index (χ0n) is 12.7. The molecule has 0 saturated heterocycles. The van der Waals surface area contributed by atoms with Crippen molar-refractivity contribution in [2.24, 2.45) is 0 Å². The second-order valence-electron chi connectivity index (χ2n) is 5.03. The number of aliphatic hydroxyl groups is 1. The molecule has 112 valence electrons. The molecule has 0 saturated carbocycles. The number of benzene rings is 1. The second kappa shape index (κ2) is 7.04. The summed E-state index contributed by atoms with van der Waals surface area (Å²) in [6.07, 6.45) is 4.13. The highest BCUT2D eigenvalue weighted by molar-refractivity contribution is 5.36. The van der Waals surface area contributed by atoms with Crippen molar-refractivity contribution in [2.75, 3.05) is 19.1 Å². The van der Waals surface area contributed by atoms with Crippen molar-refractivity contribution in [1.29, 1.82) is 0 Å². The highest BCUT2D eigenvalue weighted by atomic mass is 16.5. The van der Waals surface area contributed by atoms with Gasteiger partial charge in [-0.05, 0) is 25.0 Å². The first-order valence-electron chi connectivity index (χ1n) is 6.92. The predicted molar refractivity (Wildman–Crippen MR) is 82.5 cm³/mol. The molecule has 2 rings (SSSR count). The van der Waals surface area contributed by atoms with E-state index in [9.17, 15) is 0 Å². The van der Waals surface area contributed by atoms with E-state index in [0.717, 1.165) is 17.7 Å². The Bertz CT molecular complexity index is 572. The van der Waals surface area contributed by atoms with Gasteiger partial charge in [-0.15, -0.1) is 0 Å². The van der Waals surface area contributed by atoms with Crippen molar-refractivity contribution in [3.63, 3.8) is 0 Å². The van der Waals surface area contributed by atoms with Crippen molar-refractivity contribution in [3.8, 4) is 5.75 Å². The molecule has 0 radical (unpaired) electrons. The van der Waals surface area contributed by atoms with Crippen molar-refractivity contribution in [2.45, 2.75) is 26.0 Å². The molecular weight excluding hydrogens is 266 g/mol. The number of likely N-dealkylation sites (N-methyl/N-ethyl adjacent to an activating group) is 1. The molecule has 1 atom stereocenters. The van der Waals surface area contributed by atoms with Crippen LogP contribution in [0.5, 0.6) is 5.75 Å². The molecule has 0 aliphatic carbocycles. The van der Waals surface area contributed by atoms with E-state index in [4.69, 9.17) is 9.84 Å². The van der Waals surface area contributed by atoms with E-state index >= 15 is 0 Å². The zero-order chi connectivity index (χ0) is 15.2. The minimum absolute atomic E-state index is 0.0409.